The molecule has 2 N–H and O–H groups in total. The Balaban J connectivity index is 0.000000155. The van der Waals surface area contributed by atoms with Crippen molar-refractivity contribution in [3.63, 3.8) is 0 Å². The molecule has 6 rings (SSSR count). The number of ether oxygens (including phenoxy) is 2. The molecule has 0 saturated heterocycles. The van der Waals surface area contributed by atoms with Crippen molar-refractivity contribution in [1.82, 2.24) is 0 Å². The summed E-state index contributed by atoms with van der Waals surface area (Å²) in [5.41, 5.74) is 3.87. The van der Waals surface area contributed by atoms with Crippen molar-refractivity contribution in [2.45, 2.75) is 32.8 Å². The van der Waals surface area contributed by atoms with E-state index in [1.807, 2.05) is 72.8 Å². The molecule has 0 radical (unpaired) electrons. The standard InChI is InChI=1S/2C14H13BO3S/c2*1-17-11-3-6-12(7-4-11)19-13-5-2-10-9-18-15(16)14(10)8-13/h2*2-8,16H,9H2,1H3. The summed E-state index contributed by atoms with van der Waals surface area (Å²) < 4.78 is 20.6. The molecule has 0 unspecified atom stereocenters. The third kappa shape index (κ3) is 6.40. The maximum absolute atomic E-state index is 9.69. The maximum atomic E-state index is 9.69. The highest BCUT2D eigenvalue weighted by molar-refractivity contribution is 7.99. The fraction of sp³-hybridized carbons (Fsp3) is 0.143. The lowest BCUT2D eigenvalue weighted by molar-refractivity contribution is 0.275. The third-order valence-corrected chi connectivity index (χ3v) is 8.15. The summed E-state index contributed by atoms with van der Waals surface area (Å²) in [6, 6.07) is 27.9. The van der Waals surface area contributed by atoms with E-state index >= 15 is 0 Å². The Morgan fingerprint density at radius 1 is 0.579 bits per heavy atom. The van der Waals surface area contributed by atoms with Crippen molar-refractivity contribution in [2.24, 2.45) is 0 Å². The summed E-state index contributed by atoms with van der Waals surface area (Å²) in [4.78, 5) is 4.45. The number of methoxy groups -OCH3 is 2. The molecule has 192 valence electrons. The molecule has 4 aromatic carbocycles. The lowest BCUT2D eigenvalue weighted by Crippen LogP contribution is -2.27. The topological polar surface area (TPSA) is 77.4 Å². The SMILES string of the molecule is COc1ccc(Sc2ccc3c(c2)B(O)OC3)cc1.COc1ccc(Sc2ccc3c(c2)B(O)OC3)cc1. The lowest BCUT2D eigenvalue weighted by atomic mass is 9.80. The summed E-state index contributed by atoms with van der Waals surface area (Å²) >= 11 is 3.31. The van der Waals surface area contributed by atoms with Gasteiger partial charge in [0.2, 0.25) is 0 Å². The van der Waals surface area contributed by atoms with Gasteiger partial charge in [0.1, 0.15) is 11.5 Å². The smallest absolute Gasteiger partial charge is 0.491 e. The van der Waals surface area contributed by atoms with Gasteiger partial charge in [0.05, 0.1) is 27.4 Å². The maximum Gasteiger partial charge on any atom is 0.491 e. The Bertz CT molecular complexity index is 1280. The zero-order valence-corrected chi connectivity index (χ0v) is 22.6. The molecule has 38 heavy (non-hydrogen) atoms. The molecule has 2 aliphatic rings. The van der Waals surface area contributed by atoms with Crippen LogP contribution in [0, 0.1) is 0 Å². The minimum absolute atomic E-state index is 0.490. The van der Waals surface area contributed by atoms with Crippen LogP contribution in [0.1, 0.15) is 11.1 Å². The van der Waals surface area contributed by atoms with Crippen molar-refractivity contribution < 1.29 is 28.8 Å². The highest BCUT2D eigenvalue weighted by Crippen LogP contribution is 2.30. The molecule has 0 saturated carbocycles. The van der Waals surface area contributed by atoms with Gasteiger partial charge in [0.15, 0.2) is 0 Å². The zero-order valence-electron chi connectivity index (χ0n) is 21.0. The van der Waals surface area contributed by atoms with Crippen molar-refractivity contribution in [2.75, 3.05) is 14.2 Å². The molecule has 0 amide bonds. The number of hydrogen-bond donors (Lipinski definition) is 2. The second-order valence-electron chi connectivity index (χ2n) is 8.60. The molecular weight excluding hydrogens is 518 g/mol. The Labute approximate surface area is 231 Å². The van der Waals surface area contributed by atoms with Gasteiger partial charge in [-0.05, 0) is 94.8 Å². The molecule has 0 atom stereocenters. The first-order valence-corrected chi connectivity index (χ1v) is 13.6. The van der Waals surface area contributed by atoms with Crippen molar-refractivity contribution in [3.05, 3.63) is 96.1 Å². The highest BCUT2D eigenvalue weighted by Gasteiger charge is 2.28. The number of hydrogen-bond acceptors (Lipinski definition) is 8. The molecule has 10 heteroatoms. The second-order valence-corrected chi connectivity index (χ2v) is 10.9. The van der Waals surface area contributed by atoms with E-state index in [-0.39, 0.29) is 0 Å². The molecule has 2 aliphatic heterocycles. The van der Waals surface area contributed by atoms with Crippen LogP contribution in [0.3, 0.4) is 0 Å². The molecule has 0 aliphatic carbocycles. The summed E-state index contributed by atoms with van der Waals surface area (Å²) in [5.74, 6) is 1.70. The van der Waals surface area contributed by atoms with Crippen LogP contribution < -0.4 is 20.4 Å². The van der Waals surface area contributed by atoms with Crippen LogP contribution in [-0.2, 0) is 22.5 Å². The summed E-state index contributed by atoms with van der Waals surface area (Å²) in [5, 5.41) is 19.4. The lowest BCUT2D eigenvalue weighted by Gasteiger charge is -2.05. The van der Waals surface area contributed by atoms with Crippen molar-refractivity contribution in [1.29, 1.82) is 0 Å². The normalized spacial score (nSPS) is 13.5. The molecule has 6 nitrogen and oxygen atoms in total. The molecule has 0 spiro atoms. The monoisotopic (exact) mass is 544 g/mol. The molecule has 0 fully saturated rings. The van der Waals surface area contributed by atoms with Crippen LogP contribution >= 0.6 is 23.5 Å². The summed E-state index contributed by atoms with van der Waals surface area (Å²) in [6.07, 6.45) is 0. The molecule has 0 aromatic heterocycles. The summed E-state index contributed by atoms with van der Waals surface area (Å²) in [7, 11) is 1.74. The van der Waals surface area contributed by atoms with Crippen LogP contribution in [-0.4, -0.2) is 38.5 Å². The number of benzene rings is 4. The van der Waals surface area contributed by atoms with E-state index in [9.17, 15) is 10.0 Å². The average molecular weight is 544 g/mol. The van der Waals surface area contributed by atoms with Gasteiger partial charge in [0, 0.05) is 19.6 Å². The van der Waals surface area contributed by atoms with Gasteiger partial charge in [-0.3, -0.25) is 0 Å². The first kappa shape index (κ1) is 26.7. The molecule has 2 heterocycles. The quantitative estimate of drug-likeness (QED) is 0.351. The van der Waals surface area contributed by atoms with Crippen LogP contribution in [0.2, 0.25) is 0 Å². The van der Waals surface area contributed by atoms with E-state index in [2.05, 4.69) is 12.1 Å². The molecule has 4 aromatic rings. The fourth-order valence-corrected chi connectivity index (χ4v) is 5.80. The van der Waals surface area contributed by atoms with Crippen LogP contribution in [0.4, 0.5) is 0 Å². The van der Waals surface area contributed by atoms with E-state index in [0.29, 0.717) is 13.2 Å². The second kappa shape index (κ2) is 12.3. The largest absolute Gasteiger partial charge is 0.497 e. The van der Waals surface area contributed by atoms with Gasteiger partial charge in [-0.25, -0.2) is 0 Å². The van der Waals surface area contributed by atoms with Gasteiger partial charge in [0.25, 0.3) is 0 Å². The Kier molecular flexibility index (Phi) is 8.68. The number of rotatable bonds is 6. The van der Waals surface area contributed by atoms with Crippen molar-refractivity contribution >= 4 is 48.7 Å². The van der Waals surface area contributed by atoms with E-state index in [0.717, 1.165) is 53.1 Å². The van der Waals surface area contributed by atoms with Crippen LogP contribution in [0.25, 0.3) is 0 Å². The Morgan fingerprint density at radius 2 is 0.947 bits per heavy atom. The van der Waals surface area contributed by atoms with Gasteiger partial charge >= 0.3 is 14.2 Å². The molecule has 0 bridgehead atoms. The average Bonchev–Trinajstić information content (AvgIpc) is 3.51. The van der Waals surface area contributed by atoms with Gasteiger partial charge in [-0.15, -0.1) is 0 Å². The minimum atomic E-state index is -0.786. The highest BCUT2D eigenvalue weighted by atomic mass is 32.2. The first-order chi connectivity index (χ1) is 18.5. The van der Waals surface area contributed by atoms with E-state index in [1.165, 1.54) is 0 Å². The predicted octanol–water partition coefficient (Wildman–Crippen LogP) is 4.13. The van der Waals surface area contributed by atoms with E-state index < -0.39 is 14.2 Å². The number of fused-ring (bicyclic) bond motifs is 2. The zero-order chi connectivity index (χ0) is 26.5. The van der Waals surface area contributed by atoms with Crippen LogP contribution in [0.15, 0.2) is 105 Å². The van der Waals surface area contributed by atoms with Gasteiger partial charge in [-0.2, -0.15) is 0 Å². The predicted molar refractivity (Wildman–Crippen MR) is 152 cm³/mol. The minimum Gasteiger partial charge on any atom is -0.497 e. The van der Waals surface area contributed by atoms with E-state index in [1.54, 1.807) is 37.7 Å². The van der Waals surface area contributed by atoms with Gasteiger partial charge < -0.3 is 28.8 Å². The van der Waals surface area contributed by atoms with E-state index in [4.69, 9.17) is 18.8 Å². The Morgan fingerprint density at radius 3 is 1.32 bits per heavy atom. The molecular formula is C28H26B2O6S2. The van der Waals surface area contributed by atoms with Crippen molar-refractivity contribution in [3.8, 4) is 11.5 Å². The Hall–Kier alpha value is -2.85. The van der Waals surface area contributed by atoms with Crippen LogP contribution in [0.5, 0.6) is 11.5 Å². The van der Waals surface area contributed by atoms with Gasteiger partial charge in [-0.1, -0.05) is 35.7 Å². The first-order valence-electron chi connectivity index (χ1n) is 12.0. The summed E-state index contributed by atoms with van der Waals surface area (Å²) in [6.45, 7) is 0.980. The third-order valence-electron chi connectivity index (χ3n) is 6.15. The fourth-order valence-electron chi connectivity index (χ4n) is 4.07.